The van der Waals surface area contributed by atoms with Gasteiger partial charge in [0, 0.05) is 32.6 Å². The van der Waals surface area contributed by atoms with Crippen molar-refractivity contribution in [3.8, 4) is 11.5 Å². The fraction of sp³-hybridized carbons (Fsp3) is 0.500. The van der Waals surface area contributed by atoms with Gasteiger partial charge in [0.05, 0.1) is 5.60 Å². The fourth-order valence-corrected chi connectivity index (χ4v) is 4.87. The van der Waals surface area contributed by atoms with Crippen molar-refractivity contribution in [2.24, 2.45) is 0 Å². The molecule has 2 aromatic rings. The predicted molar refractivity (Wildman–Crippen MR) is 150 cm³/mol. The lowest BCUT2D eigenvalue weighted by Crippen LogP contribution is -2.59. The Balaban J connectivity index is 1.60. The number of aryl methyl sites for hydroxylation is 1. The van der Waals surface area contributed by atoms with Crippen LogP contribution in [0.5, 0.6) is 11.5 Å². The van der Waals surface area contributed by atoms with Crippen LogP contribution in [0.3, 0.4) is 0 Å². The summed E-state index contributed by atoms with van der Waals surface area (Å²) in [5.74, 6) is -1.27. The second-order valence-electron chi connectivity index (χ2n) is 11.1. The van der Waals surface area contributed by atoms with Crippen LogP contribution in [0, 0.1) is 5.82 Å². The third-order valence-corrected chi connectivity index (χ3v) is 7.75. The molecular weight excluding hydrogens is 531 g/mol. The van der Waals surface area contributed by atoms with E-state index in [1.54, 1.807) is 31.2 Å². The van der Waals surface area contributed by atoms with Gasteiger partial charge in [0.15, 0.2) is 0 Å². The number of benzene rings is 2. The molecule has 222 valence electrons. The number of nitrogens with one attached hydrogen (secondary N) is 3. The van der Waals surface area contributed by atoms with E-state index in [0.717, 1.165) is 5.56 Å². The quantitative estimate of drug-likeness (QED) is 0.376. The molecule has 10 nitrogen and oxygen atoms in total. The van der Waals surface area contributed by atoms with Crippen molar-refractivity contribution in [3.05, 3.63) is 59.4 Å². The molecule has 0 aromatic heterocycles. The molecular formula is C30H39FN4O6. The number of phenolic OH excluding ortho intramolecular Hbond substituents is 1. The highest BCUT2D eigenvalue weighted by Crippen LogP contribution is 2.39. The molecule has 0 saturated heterocycles. The maximum absolute atomic E-state index is 13.5. The lowest BCUT2D eigenvalue weighted by Gasteiger charge is -2.32. The van der Waals surface area contributed by atoms with Crippen LogP contribution in [0.1, 0.15) is 44.2 Å². The van der Waals surface area contributed by atoms with Crippen molar-refractivity contribution in [3.63, 3.8) is 0 Å². The standard InChI is InChI=1S/C30H39FN4O6/c1-18-17-33-26(30(40)12-13-30)29(39)35(3)19(2)27(37)34-24(15-20-6-9-22(31)10-7-20)28(38)32-14-4-5-21-8-11-23(36)16-25(21)41-18/h6-11,16,18-19,24,26,33,36,40H,4-5,12-15,17H2,1-3H3,(H,32,38)(H,34,37)/t18-,19-,24-,26-/m1/s1. The van der Waals surface area contributed by atoms with Gasteiger partial charge in [0.1, 0.15) is 41.5 Å². The number of ether oxygens (including phenoxy) is 1. The molecule has 0 spiro atoms. The van der Waals surface area contributed by atoms with E-state index in [4.69, 9.17) is 4.74 Å². The van der Waals surface area contributed by atoms with Gasteiger partial charge in [-0.3, -0.25) is 19.7 Å². The number of carbonyl (C=O) groups is 3. The summed E-state index contributed by atoms with van der Waals surface area (Å²) < 4.78 is 19.6. The van der Waals surface area contributed by atoms with Crippen LogP contribution in [0.4, 0.5) is 4.39 Å². The van der Waals surface area contributed by atoms with Crippen molar-refractivity contribution in [1.82, 2.24) is 20.9 Å². The van der Waals surface area contributed by atoms with Crippen molar-refractivity contribution in [1.29, 1.82) is 0 Å². The van der Waals surface area contributed by atoms with Crippen molar-refractivity contribution >= 4 is 17.7 Å². The number of hydrogen-bond acceptors (Lipinski definition) is 7. The third-order valence-electron chi connectivity index (χ3n) is 7.75. The summed E-state index contributed by atoms with van der Waals surface area (Å²) in [5.41, 5.74) is 0.262. The van der Waals surface area contributed by atoms with Gasteiger partial charge < -0.3 is 30.5 Å². The predicted octanol–water partition coefficient (Wildman–Crippen LogP) is 1.42. The van der Waals surface area contributed by atoms with E-state index < -0.39 is 53.4 Å². The first-order valence-corrected chi connectivity index (χ1v) is 14.0. The Morgan fingerprint density at radius 2 is 1.78 bits per heavy atom. The molecule has 3 amide bonds. The van der Waals surface area contributed by atoms with Crippen molar-refractivity contribution in [2.75, 3.05) is 20.1 Å². The van der Waals surface area contributed by atoms with Gasteiger partial charge in [-0.25, -0.2) is 4.39 Å². The minimum Gasteiger partial charge on any atom is -0.508 e. The Kier molecular flexibility index (Phi) is 9.49. The normalized spacial score (nSPS) is 26.1. The maximum Gasteiger partial charge on any atom is 0.243 e. The van der Waals surface area contributed by atoms with Crippen LogP contribution in [0.25, 0.3) is 0 Å². The summed E-state index contributed by atoms with van der Waals surface area (Å²) in [5, 5.41) is 29.7. The number of fused-ring (bicyclic) bond motifs is 1. The minimum atomic E-state index is -1.23. The van der Waals surface area contributed by atoms with Gasteiger partial charge in [-0.2, -0.15) is 0 Å². The molecule has 4 rings (SSSR count). The maximum atomic E-state index is 13.5. The van der Waals surface area contributed by atoms with Gasteiger partial charge >= 0.3 is 0 Å². The van der Waals surface area contributed by atoms with Crippen LogP contribution in [0.15, 0.2) is 42.5 Å². The summed E-state index contributed by atoms with van der Waals surface area (Å²) in [6, 6.07) is 7.68. The van der Waals surface area contributed by atoms with Crippen LogP contribution >= 0.6 is 0 Å². The van der Waals surface area contributed by atoms with E-state index in [1.807, 2.05) is 6.92 Å². The summed E-state index contributed by atoms with van der Waals surface area (Å²) in [6.45, 7) is 3.93. The molecule has 41 heavy (non-hydrogen) atoms. The summed E-state index contributed by atoms with van der Waals surface area (Å²) in [7, 11) is 1.49. The molecule has 2 aliphatic rings. The summed E-state index contributed by atoms with van der Waals surface area (Å²) in [4.78, 5) is 41.3. The van der Waals surface area contributed by atoms with E-state index in [9.17, 15) is 29.0 Å². The third kappa shape index (κ3) is 7.74. The number of amides is 3. The molecule has 1 aliphatic carbocycles. The van der Waals surface area contributed by atoms with Crippen molar-refractivity contribution < 1.29 is 33.7 Å². The van der Waals surface area contributed by atoms with Gasteiger partial charge in [-0.1, -0.05) is 18.2 Å². The van der Waals surface area contributed by atoms with Gasteiger partial charge in [-0.15, -0.1) is 0 Å². The monoisotopic (exact) mass is 570 g/mol. The first kappa shape index (κ1) is 30.3. The zero-order valence-corrected chi connectivity index (χ0v) is 23.7. The Morgan fingerprint density at radius 1 is 1.07 bits per heavy atom. The lowest BCUT2D eigenvalue weighted by atomic mass is 10.0. The molecule has 4 atom stereocenters. The number of halogens is 1. The Morgan fingerprint density at radius 3 is 2.46 bits per heavy atom. The highest BCUT2D eigenvalue weighted by atomic mass is 19.1. The highest BCUT2D eigenvalue weighted by Gasteiger charge is 2.52. The fourth-order valence-electron chi connectivity index (χ4n) is 4.87. The van der Waals surface area contributed by atoms with E-state index in [-0.39, 0.29) is 18.7 Å². The first-order chi connectivity index (χ1) is 19.5. The Bertz CT molecular complexity index is 1250. The smallest absolute Gasteiger partial charge is 0.243 e. The van der Waals surface area contributed by atoms with Crippen LogP contribution in [0.2, 0.25) is 0 Å². The molecule has 1 aliphatic heterocycles. The zero-order valence-electron chi connectivity index (χ0n) is 23.7. The number of nitrogens with zero attached hydrogens (tertiary/aromatic N) is 1. The molecule has 11 heteroatoms. The van der Waals surface area contributed by atoms with Crippen molar-refractivity contribution in [2.45, 2.75) is 75.8 Å². The number of aromatic hydroxyl groups is 1. The van der Waals surface area contributed by atoms with E-state index in [0.29, 0.717) is 43.5 Å². The molecule has 0 radical (unpaired) electrons. The Labute approximate surface area is 239 Å². The molecule has 1 fully saturated rings. The average Bonchev–Trinajstić information content (AvgIpc) is 3.68. The first-order valence-electron chi connectivity index (χ1n) is 14.0. The molecule has 1 saturated carbocycles. The van der Waals surface area contributed by atoms with E-state index >= 15 is 0 Å². The number of likely N-dealkylation sites (N-methyl/N-ethyl adjacent to an activating group) is 1. The molecule has 0 bridgehead atoms. The Hall–Kier alpha value is -3.70. The van der Waals surface area contributed by atoms with Gasteiger partial charge in [0.25, 0.3) is 0 Å². The number of aliphatic hydroxyl groups is 1. The summed E-state index contributed by atoms with van der Waals surface area (Å²) >= 11 is 0. The molecule has 0 unspecified atom stereocenters. The van der Waals surface area contributed by atoms with Gasteiger partial charge in [0.2, 0.25) is 17.7 Å². The largest absolute Gasteiger partial charge is 0.508 e. The molecule has 5 N–H and O–H groups in total. The SMILES string of the molecule is C[C@@H]1CN[C@@H](C2(O)CC2)C(=O)N(C)[C@H](C)C(=O)N[C@H](Cc2ccc(F)cc2)C(=O)NCCCc2ccc(O)cc2O1. The van der Waals surface area contributed by atoms with E-state index in [2.05, 4.69) is 16.0 Å². The average molecular weight is 571 g/mol. The highest BCUT2D eigenvalue weighted by molar-refractivity contribution is 5.93. The van der Waals surface area contributed by atoms with Gasteiger partial charge in [-0.05, 0) is 68.9 Å². The molecule has 1 heterocycles. The van der Waals surface area contributed by atoms with Crippen LogP contribution in [-0.4, -0.2) is 82.8 Å². The second kappa shape index (κ2) is 12.9. The van der Waals surface area contributed by atoms with E-state index in [1.165, 1.54) is 30.1 Å². The van der Waals surface area contributed by atoms with Crippen LogP contribution < -0.4 is 20.7 Å². The second-order valence-corrected chi connectivity index (χ2v) is 11.1. The minimum absolute atomic E-state index is 0.0506. The number of carbonyl (C=O) groups excluding carboxylic acids is 3. The summed E-state index contributed by atoms with van der Waals surface area (Å²) in [6.07, 6.45) is 1.71. The van der Waals surface area contributed by atoms with Crippen LogP contribution in [-0.2, 0) is 27.2 Å². The molecule has 2 aromatic carbocycles. The topological polar surface area (TPSA) is 140 Å². The number of hydrogen-bond donors (Lipinski definition) is 5. The lowest BCUT2D eigenvalue weighted by molar-refractivity contribution is -0.143. The zero-order chi connectivity index (χ0) is 29.7. The number of phenols is 1. The number of rotatable bonds is 3.